The molecule has 0 aliphatic carbocycles. The van der Waals surface area contributed by atoms with Crippen LogP contribution in [0.2, 0.25) is 0 Å². The van der Waals surface area contributed by atoms with Crippen molar-refractivity contribution in [3.05, 3.63) is 78.4 Å². The van der Waals surface area contributed by atoms with Crippen LogP contribution in [-0.2, 0) is 19.6 Å². The number of carbonyl (C=O) groups excluding carboxylic acids is 2. The first-order chi connectivity index (χ1) is 16.8. The third-order valence-electron chi connectivity index (χ3n) is 5.79. The topological polar surface area (TPSA) is 86.8 Å². The van der Waals surface area contributed by atoms with Crippen molar-refractivity contribution in [2.45, 2.75) is 29.6 Å². The molecule has 0 saturated carbocycles. The van der Waals surface area contributed by atoms with E-state index in [1.165, 1.54) is 11.8 Å². The predicted octanol–water partition coefficient (Wildman–Crippen LogP) is 4.68. The number of hydrogen-bond acceptors (Lipinski definition) is 5. The number of anilines is 3. The standard InChI is InChI=1S/C26H27N3O4S2/c1-19-5-9-22(10-6-19)29(35(32,33)24-15-13-23(34-2)14-16-24)18-25(30)27-20-7-11-21(12-8-20)28-17-3-4-26(28)31/h5-16H,3-4,17-18H2,1-2H3,(H,27,30). The third-order valence-corrected chi connectivity index (χ3v) is 8.32. The molecule has 0 unspecified atom stereocenters. The molecule has 0 aromatic heterocycles. The Bertz CT molecular complexity index is 1310. The van der Waals surface area contributed by atoms with Crippen LogP contribution in [0.4, 0.5) is 17.1 Å². The minimum Gasteiger partial charge on any atom is -0.325 e. The monoisotopic (exact) mass is 509 g/mol. The van der Waals surface area contributed by atoms with Gasteiger partial charge in [-0.2, -0.15) is 0 Å². The van der Waals surface area contributed by atoms with Gasteiger partial charge in [-0.1, -0.05) is 17.7 Å². The van der Waals surface area contributed by atoms with Gasteiger partial charge in [0, 0.05) is 29.2 Å². The molecule has 1 saturated heterocycles. The number of hydrogen-bond donors (Lipinski definition) is 1. The van der Waals surface area contributed by atoms with Gasteiger partial charge in [0.15, 0.2) is 0 Å². The van der Waals surface area contributed by atoms with E-state index in [0.717, 1.165) is 26.9 Å². The van der Waals surface area contributed by atoms with Crippen LogP contribution < -0.4 is 14.5 Å². The number of thioether (sulfide) groups is 1. The van der Waals surface area contributed by atoms with Gasteiger partial charge < -0.3 is 10.2 Å². The van der Waals surface area contributed by atoms with E-state index >= 15 is 0 Å². The summed E-state index contributed by atoms with van der Waals surface area (Å²) in [6, 6.07) is 20.6. The Labute approximate surface area is 210 Å². The summed E-state index contributed by atoms with van der Waals surface area (Å²) in [5.74, 6) is -0.383. The highest BCUT2D eigenvalue weighted by Gasteiger charge is 2.27. The molecule has 4 rings (SSSR count). The zero-order valence-corrected chi connectivity index (χ0v) is 21.2. The molecule has 1 aliphatic rings. The summed E-state index contributed by atoms with van der Waals surface area (Å²) in [7, 11) is -3.98. The molecule has 0 radical (unpaired) electrons. The Morgan fingerprint density at radius 3 is 2.23 bits per heavy atom. The minimum absolute atomic E-state index is 0.0892. The van der Waals surface area contributed by atoms with Gasteiger partial charge in [0.25, 0.3) is 10.0 Å². The lowest BCUT2D eigenvalue weighted by atomic mass is 10.2. The van der Waals surface area contributed by atoms with Gasteiger partial charge in [0.05, 0.1) is 10.6 Å². The van der Waals surface area contributed by atoms with Crippen molar-refractivity contribution >= 4 is 50.7 Å². The Morgan fingerprint density at radius 2 is 1.66 bits per heavy atom. The Kier molecular flexibility index (Phi) is 7.47. The summed E-state index contributed by atoms with van der Waals surface area (Å²) in [5.41, 5.74) is 2.69. The number of rotatable bonds is 8. The molecule has 182 valence electrons. The van der Waals surface area contributed by atoms with Crippen LogP contribution in [0, 0.1) is 6.92 Å². The fourth-order valence-corrected chi connectivity index (χ4v) is 5.71. The lowest BCUT2D eigenvalue weighted by Gasteiger charge is -2.24. The van der Waals surface area contributed by atoms with Crippen molar-refractivity contribution < 1.29 is 18.0 Å². The zero-order valence-electron chi connectivity index (χ0n) is 19.6. The van der Waals surface area contributed by atoms with Crippen LogP contribution in [-0.4, -0.2) is 39.6 Å². The molecule has 0 spiro atoms. The molecular weight excluding hydrogens is 482 g/mol. The summed E-state index contributed by atoms with van der Waals surface area (Å²) < 4.78 is 28.2. The second kappa shape index (κ2) is 10.5. The van der Waals surface area contributed by atoms with Crippen molar-refractivity contribution in [3.63, 3.8) is 0 Å². The first-order valence-electron chi connectivity index (χ1n) is 11.2. The van der Waals surface area contributed by atoms with E-state index in [-0.39, 0.29) is 17.3 Å². The van der Waals surface area contributed by atoms with Gasteiger partial charge >= 0.3 is 0 Å². The predicted molar refractivity (Wildman–Crippen MR) is 141 cm³/mol. The number of carbonyl (C=O) groups is 2. The fraction of sp³-hybridized carbons (Fsp3) is 0.231. The maximum atomic E-state index is 13.5. The Morgan fingerprint density at radius 1 is 1.00 bits per heavy atom. The zero-order chi connectivity index (χ0) is 25.0. The van der Waals surface area contributed by atoms with Crippen LogP contribution in [0.25, 0.3) is 0 Å². The average molecular weight is 510 g/mol. The third kappa shape index (κ3) is 5.68. The molecule has 3 aromatic rings. The van der Waals surface area contributed by atoms with Crippen LogP contribution in [0.5, 0.6) is 0 Å². The number of amides is 2. The van der Waals surface area contributed by atoms with Gasteiger partial charge in [-0.25, -0.2) is 8.42 Å². The number of aryl methyl sites for hydroxylation is 1. The van der Waals surface area contributed by atoms with E-state index in [1.807, 2.05) is 25.3 Å². The summed E-state index contributed by atoms with van der Waals surface area (Å²) in [5, 5.41) is 2.77. The molecule has 1 heterocycles. The van der Waals surface area contributed by atoms with E-state index in [1.54, 1.807) is 65.6 Å². The fourth-order valence-electron chi connectivity index (χ4n) is 3.88. The largest absolute Gasteiger partial charge is 0.325 e. The van der Waals surface area contributed by atoms with Gasteiger partial charge in [-0.05, 0) is 80.3 Å². The second-order valence-corrected chi connectivity index (χ2v) is 11.0. The first-order valence-corrected chi connectivity index (χ1v) is 13.9. The van der Waals surface area contributed by atoms with Crippen molar-refractivity contribution in [3.8, 4) is 0 Å². The quantitative estimate of drug-likeness (QED) is 0.446. The maximum absolute atomic E-state index is 13.5. The smallest absolute Gasteiger partial charge is 0.264 e. The van der Waals surface area contributed by atoms with Gasteiger partial charge in [0.1, 0.15) is 6.54 Å². The molecule has 1 fully saturated rings. The van der Waals surface area contributed by atoms with Gasteiger partial charge in [0.2, 0.25) is 11.8 Å². The molecule has 7 nitrogen and oxygen atoms in total. The van der Waals surface area contributed by atoms with Crippen molar-refractivity contribution in [1.82, 2.24) is 0 Å². The number of nitrogens with zero attached hydrogens (tertiary/aromatic N) is 2. The summed E-state index contributed by atoms with van der Waals surface area (Å²) >= 11 is 1.52. The highest BCUT2D eigenvalue weighted by Crippen LogP contribution is 2.27. The lowest BCUT2D eigenvalue weighted by Crippen LogP contribution is -2.38. The van der Waals surface area contributed by atoms with Crippen LogP contribution >= 0.6 is 11.8 Å². The Balaban J connectivity index is 1.55. The minimum atomic E-state index is -3.98. The molecule has 3 aromatic carbocycles. The average Bonchev–Trinajstić information content (AvgIpc) is 3.29. The second-order valence-electron chi connectivity index (χ2n) is 8.27. The number of sulfonamides is 1. The van der Waals surface area contributed by atoms with Crippen LogP contribution in [0.15, 0.2) is 82.6 Å². The maximum Gasteiger partial charge on any atom is 0.264 e. The molecular formula is C26H27N3O4S2. The van der Waals surface area contributed by atoms with Crippen LogP contribution in [0.1, 0.15) is 18.4 Å². The molecule has 0 bridgehead atoms. The summed E-state index contributed by atoms with van der Waals surface area (Å²) in [6.07, 6.45) is 3.30. The summed E-state index contributed by atoms with van der Waals surface area (Å²) in [6.45, 7) is 2.21. The lowest BCUT2D eigenvalue weighted by molar-refractivity contribution is -0.117. The van der Waals surface area contributed by atoms with E-state index in [0.29, 0.717) is 24.3 Å². The van der Waals surface area contributed by atoms with E-state index in [4.69, 9.17) is 0 Å². The normalized spacial score (nSPS) is 13.7. The SMILES string of the molecule is CSc1ccc(S(=O)(=O)N(CC(=O)Nc2ccc(N3CCCC3=O)cc2)c2ccc(C)cc2)cc1. The van der Waals surface area contributed by atoms with Crippen molar-refractivity contribution in [1.29, 1.82) is 0 Å². The highest BCUT2D eigenvalue weighted by molar-refractivity contribution is 7.98. The number of benzene rings is 3. The van der Waals surface area contributed by atoms with Gasteiger partial charge in [-0.15, -0.1) is 11.8 Å². The van der Waals surface area contributed by atoms with E-state index in [2.05, 4.69) is 5.32 Å². The number of nitrogens with one attached hydrogen (secondary N) is 1. The Hall–Kier alpha value is -3.30. The molecule has 9 heteroatoms. The molecule has 1 N–H and O–H groups in total. The molecule has 1 aliphatic heterocycles. The molecule has 35 heavy (non-hydrogen) atoms. The first kappa shape index (κ1) is 24.8. The van der Waals surface area contributed by atoms with E-state index < -0.39 is 15.9 Å². The van der Waals surface area contributed by atoms with Gasteiger partial charge in [-0.3, -0.25) is 13.9 Å². The van der Waals surface area contributed by atoms with Crippen LogP contribution in [0.3, 0.4) is 0 Å². The van der Waals surface area contributed by atoms with E-state index in [9.17, 15) is 18.0 Å². The molecule has 0 atom stereocenters. The van der Waals surface area contributed by atoms with Crippen molar-refractivity contribution in [2.75, 3.05) is 33.9 Å². The highest BCUT2D eigenvalue weighted by atomic mass is 32.2. The summed E-state index contributed by atoms with van der Waals surface area (Å²) in [4.78, 5) is 27.7. The molecule has 2 amide bonds. The van der Waals surface area contributed by atoms with Crippen molar-refractivity contribution in [2.24, 2.45) is 0 Å².